The molecule has 1 rings (SSSR count). The molecule has 2 atom stereocenters. The molecule has 0 aromatic carbocycles. The molecule has 3 nitrogen and oxygen atoms in total. The van der Waals surface area contributed by atoms with Crippen LogP contribution in [0.3, 0.4) is 0 Å². The number of carbonyl (C=O) groups is 1. The summed E-state index contributed by atoms with van der Waals surface area (Å²) in [5.74, 6) is 0.186. The van der Waals surface area contributed by atoms with Gasteiger partial charge in [-0.25, -0.2) is 0 Å². The van der Waals surface area contributed by atoms with E-state index >= 15 is 0 Å². The lowest BCUT2D eigenvalue weighted by molar-refractivity contribution is -0.135. The maximum absolute atomic E-state index is 12.7. The summed E-state index contributed by atoms with van der Waals surface area (Å²) in [6.45, 7) is 7.54. The number of hydrogen-bond donors (Lipinski definition) is 2. The first-order valence-corrected chi connectivity index (χ1v) is 9.08. The molecule has 1 amide bonds. The number of aliphatic hydroxyl groups is 1. The quantitative estimate of drug-likeness (QED) is 0.431. The van der Waals surface area contributed by atoms with E-state index in [0.717, 1.165) is 19.3 Å². The molecular weight excluding hydrogens is 278 g/mol. The third kappa shape index (κ3) is 4.87. The Morgan fingerprint density at radius 2 is 2.21 bits per heavy atom. The second-order valence-corrected chi connectivity index (χ2v) is 7.75. The molecule has 1 heterocycles. The number of thiol groups is 1. The Morgan fingerprint density at radius 1 is 1.53 bits per heavy atom. The van der Waals surface area contributed by atoms with Gasteiger partial charge in [0.15, 0.2) is 0 Å². The van der Waals surface area contributed by atoms with Crippen molar-refractivity contribution in [1.82, 2.24) is 4.90 Å². The second kappa shape index (κ2) is 7.79. The second-order valence-electron chi connectivity index (χ2n) is 5.97. The molecule has 1 aliphatic heterocycles. The highest BCUT2D eigenvalue weighted by atomic mass is 33.1. The van der Waals surface area contributed by atoms with E-state index in [9.17, 15) is 9.90 Å². The number of β-amino-alcohol motifs (C(OH)–C–C–N with tert-alkyl or cyclic N) is 1. The van der Waals surface area contributed by atoms with Crippen LogP contribution < -0.4 is 0 Å². The van der Waals surface area contributed by atoms with Crippen LogP contribution in [0.25, 0.3) is 0 Å². The Labute approximate surface area is 126 Å². The van der Waals surface area contributed by atoms with Crippen molar-refractivity contribution in [2.24, 2.45) is 5.92 Å². The van der Waals surface area contributed by atoms with Crippen molar-refractivity contribution in [2.45, 2.75) is 63.7 Å². The molecule has 2 unspecified atom stereocenters. The van der Waals surface area contributed by atoms with Gasteiger partial charge in [-0.1, -0.05) is 37.0 Å². The van der Waals surface area contributed by atoms with Crippen LogP contribution in [0.1, 0.15) is 52.9 Å². The number of rotatable bonds is 7. The first-order valence-electron chi connectivity index (χ1n) is 7.21. The highest BCUT2D eigenvalue weighted by Crippen LogP contribution is 2.39. The Balaban J connectivity index is 2.69. The highest BCUT2D eigenvalue weighted by Gasteiger charge is 2.38. The van der Waals surface area contributed by atoms with Crippen molar-refractivity contribution in [1.29, 1.82) is 0 Å². The molecule has 0 aliphatic carbocycles. The van der Waals surface area contributed by atoms with E-state index in [4.69, 9.17) is 0 Å². The zero-order valence-corrected chi connectivity index (χ0v) is 14.0. The maximum Gasteiger partial charge on any atom is 0.227 e. The third-order valence-corrected chi connectivity index (χ3v) is 6.11. The van der Waals surface area contributed by atoms with Gasteiger partial charge in [-0.3, -0.25) is 4.79 Å². The van der Waals surface area contributed by atoms with Crippen LogP contribution >= 0.6 is 22.5 Å². The molecule has 0 saturated carbocycles. The predicted molar refractivity (Wildman–Crippen MR) is 85.5 cm³/mol. The molecule has 1 fully saturated rings. The van der Waals surface area contributed by atoms with Crippen molar-refractivity contribution in [3.63, 3.8) is 0 Å². The zero-order valence-electron chi connectivity index (χ0n) is 12.3. The van der Waals surface area contributed by atoms with Gasteiger partial charge in [0.25, 0.3) is 0 Å². The Bertz CT molecular complexity index is 297. The molecule has 19 heavy (non-hydrogen) atoms. The highest BCUT2D eigenvalue weighted by molar-refractivity contribution is 8.69. The van der Waals surface area contributed by atoms with Crippen molar-refractivity contribution < 1.29 is 9.90 Å². The van der Waals surface area contributed by atoms with Gasteiger partial charge in [0, 0.05) is 17.8 Å². The molecule has 0 aromatic rings. The monoisotopic (exact) mass is 305 g/mol. The summed E-state index contributed by atoms with van der Waals surface area (Å²) in [5.41, 5.74) is 0. The fourth-order valence-corrected chi connectivity index (χ4v) is 3.32. The molecule has 1 saturated heterocycles. The van der Waals surface area contributed by atoms with Crippen LogP contribution in [-0.4, -0.2) is 39.9 Å². The van der Waals surface area contributed by atoms with Crippen LogP contribution in [0.2, 0.25) is 0 Å². The van der Waals surface area contributed by atoms with E-state index in [2.05, 4.69) is 32.4 Å². The molecule has 5 heteroatoms. The lowest BCUT2D eigenvalue weighted by Gasteiger charge is -2.34. The van der Waals surface area contributed by atoms with Gasteiger partial charge >= 0.3 is 0 Å². The average Bonchev–Trinajstić information content (AvgIpc) is 2.80. The molecule has 1 N–H and O–H groups in total. The Morgan fingerprint density at radius 3 is 2.68 bits per heavy atom. The van der Waals surface area contributed by atoms with Gasteiger partial charge in [-0.2, -0.15) is 0 Å². The standard InChI is InChI=1S/C14H27NO2S2/c1-4-5-6-7-12(14(2,3)19-18)13(17)15-9-8-11(16)10-15/h11-12,16,18H,4-10H2,1-3H3. The SMILES string of the molecule is CCCCCC(C(=O)N1CCC(O)C1)C(C)(C)SS. The van der Waals surface area contributed by atoms with Crippen molar-refractivity contribution in [3.8, 4) is 0 Å². The summed E-state index contributed by atoms with van der Waals surface area (Å²) in [6, 6.07) is 0. The number of aliphatic hydroxyl groups excluding tert-OH is 1. The van der Waals surface area contributed by atoms with E-state index < -0.39 is 0 Å². The Hall–Kier alpha value is 0.130. The van der Waals surface area contributed by atoms with Gasteiger partial charge in [0.1, 0.15) is 0 Å². The molecule has 1 aliphatic rings. The van der Waals surface area contributed by atoms with Gasteiger partial charge in [0.05, 0.1) is 12.0 Å². The van der Waals surface area contributed by atoms with Gasteiger partial charge in [-0.15, -0.1) is 11.7 Å². The van der Waals surface area contributed by atoms with Gasteiger partial charge in [0.2, 0.25) is 5.91 Å². The molecular formula is C14H27NO2S2. The largest absolute Gasteiger partial charge is 0.391 e. The van der Waals surface area contributed by atoms with Crippen molar-refractivity contribution >= 4 is 28.4 Å². The van der Waals surface area contributed by atoms with Crippen molar-refractivity contribution in [3.05, 3.63) is 0 Å². The summed E-state index contributed by atoms with van der Waals surface area (Å²) in [5, 5.41) is 9.59. The molecule has 0 aromatic heterocycles. The van der Waals surface area contributed by atoms with E-state index in [1.807, 2.05) is 4.90 Å². The molecule has 0 spiro atoms. The lowest BCUT2D eigenvalue weighted by Crippen LogP contribution is -2.43. The van der Waals surface area contributed by atoms with Gasteiger partial charge < -0.3 is 10.0 Å². The molecule has 0 bridgehead atoms. The number of unbranched alkanes of at least 4 members (excludes halogenated alkanes) is 2. The summed E-state index contributed by atoms with van der Waals surface area (Å²) < 4.78 is -0.165. The minimum atomic E-state index is -0.341. The summed E-state index contributed by atoms with van der Waals surface area (Å²) in [7, 11) is 1.47. The van der Waals surface area contributed by atoms with Crippen LogP contribution in [0.5, 0.6) is 0 Å². The zero-order chi connectivity index (χ0) is 14.5. The topological polar surface area (TPSA) is 40.5 Å². The Kier molecular flexibility index (Phi) is 7.05. The van der Waals surface area contributed by atoms with Gasteiger partial charge in [-0.05, 0) is 26.7 Å². The molecule has 112 valence electrons. The minimum absolute atomic E-state index is 0.00755. The normalized spacial score (nSPS) is 21.7. The van der Waals surface area contributed by atoms with Crippen molar-refractivity contribution in [2.75, 3.05) is 13.1 Å². The number of hydrogen-bond acceptors (Lipinski definition) is 4. The van der Waals surface area contributed by atoms with E-state index in [1.54, 1.807) is 0 Å². The van der Waals surface area contributed by atoms with E-state index in [-0.39, 0.29) is 22.7 Å². The predicted octanol–water partition coefficient (Wildman–Crippen LogP) is 3.13. The molecule has 0 radical (unpaired) electrons. The number of likely N-dealkylation sites (tertiary alicyclic amines) is 1. The maximum atomic E-state index is 12.7. The first kappa shape index (κ1) is 17.2. The summed E-state index contributed by atoms with van der Waals surface area (Å²) >= 11 is 4.34. The van der Waals surface area contributed by atoms with Crippen LogP contribution in [-0.2, 0) is 4.79 Å². The average molecular weight is 306 g/mol. The summed E-state index contributed by atoms with van der Waals surface area (Å²) in [4.78, 5) is 14.5. The smallest absolute Gasteiger partial charge is 0.227 e. The van der Waals surface area contributed by atoms with E-state index in [1.165, 1.54) is 17.2 Å². The van der Waals surface area contributed by atoms with Crippen LogP contribution in [0.4, 0.5) is 0 Å². The number of carbonyl (C=O) groups excluding carboxylic acids is 1. The fourth-order valence-electron chi connectivity index (χ4n) is 2.59. The summed E-state index contributed by atoms with van der Waals surface area (Å²) in [6.07, 6.45) is 4.70. The first-order chi connectivity index (χ1) is 8.92. The lowest BCUT2D eigenvalue weighted by atomic mass is 9.88. The number of amides is 1. The minimum Gasteiger partial charge on any atom is -0.391 e. The fraction of sp³-hybridized carbons (Fsp3) is 0.929. The van der Waals surface area contributed by atoms with Crippen LogP contribution in [0, 0.1) is 5.92 Å². The van der Waals surface area contributed by atoms with Crippen LogP contribution in [0.15, 0.2) is 0 Å². The number of nitrogens with zero attached hydrogens (tertiary/aromatic N) is 1. The van der Waals surface area contributed by atoms with E-state index in [0.29, 0.717) is 19.5 Å². The third-order valence-electron chi connectivity index (χ3n) is 3.94.